The van der Waals surface area contributed by atoms with Crippen LogP contribution in [0.4, 0.5) is 5.69 Å². The van der Waals surface area contributed by atoms with Crippen LogP contribution < -0.4 is 4.90 Å². The summed E-state index contributed by atoms with van der Waals surface area (Å²) in [5, 5.41) is 0. The van der Waals surface area contributed by atoms with Crippen molar-refractivity contribution in [2.24, 2.45) is 11.8 Å². The number of ketones is 1. The average molecular weight is 403 g/mol. The van der Waals surface area contributed by atoms with E-state index in [1.165, 1.54) is 50.6 Å². The first kappa shape index (κ1) is 20.2. The third kappa shape index (κ3) is 3.39. The lowest BCUT2D eigenvalue weighted by Gasteiger charge is -2.55. The van der Waals surface area contributed by atoms with Gasteiger partial charge in [0.2, 0.25) is 0 Å². The monoisotopic (exact) mass is 402 g/mol. The molecule has 0 N–H and O–H groups in total. The molecule has 2 heterocycles. The molecule has 3 atom stereocenters. The molecule has 1 spiro atoms. The van der Waals surface area contributed by atoms with Gasteiger partial charge in [-0.05, 0) is 49.7 Å². The zero-order valence-electron chi connectivity index (χ0n) is 17.0. The summed E-state index contributed by atoms with van der Waals surface area (Å²) in [4.78, 5) is 18.1. The number of fused-ring (bicyclic) bond motifs is 1. The molecule has 4 heteroatoms. The van der Waals surface area contributed by atoms with Crippen LogP contribution in [0.1, 0.15) is 64.2 Å². The lowest BCUT2D eigenvalue weighted by molar-refractivity contribution is -0.124. The molecule has 2 saturated carbocycles. The standard InChI is InChI=1S/C24H34N2O.ClH/c27-23-12-15-26(20-9-5-3-6-10-20)24(23)13-16-25(17-14-24)22-18-19-8-4-1-2-7-11-21(19)22;/h3,5-6,9-10,19,21-22H,1-2,4,7-8,11-18H2;1H. The highest BCUT2D eigenvalue weighted by Crippen LogP contribution is 2.48. The van der Waals surface area contributed by atoms with E-state index in [9.17, 15) is 4.79 Å². The fourth-order valence-corrected chi connectivity index (χ4v) is 6.67. The Morgan fingerprint density at radius 2 is 1.61 bits per heavy atom. The maximum Gasteiger partial charge on any atom is 0.160 e. The van der Waals surface area contributed by atoms with Crippen LogP contribution in [0.3, 0.4) is 0 Å². The molecule has 4 aliphatic rings. The van der Waals surface area contributed by atoms with Gasteiger partial charge in [-0.25, -0.2) is 0 Å². The largest absolute Gasteiger partial charge is 0.358 e. The van der Waals surface area contributed by atoms with Gasteiger partial charge in [-0.3, -0.25) is 9.69 Å². The van der Waals surface area contributed by atoms with Crippen molar-refractivity contribution >= 4 is 23.9 Å². The summed E-state index contributed by atoms with van der Waals surface area (Å²) in [7, 11) is 0. The summed E-state index contributed by atoms with van der Waals surface area (Å²) in [5.74, 6) is 2.44. The number of Topliss-reactive ketones (excluding diaryl/α,β-unsaturated/α-hetero) is 1. The Balaban J connectivity index is 0.00000192. The van der Waals surface area contributed by atoms with Crippen LogP contribution in [-0.4, -0.2) is 41.9 Å². The Labute approximate surface area is 176 Å². The van der Waals surface area contributed by atoms with Crippen molar-refractivity contribution in [3.8, 4) is 0 Å². The Morgan fingerprint density at radius 1 is 0.893 bits per heavy atom. The number of carbonyl (C=O) groups is 1. The highest BCUT2D eigenvalue weighted by molar-refractivity contribution is 5.95. The Morgan fingerprint density at radius 3 is 2.36 bits per heavy atom. The zero-order chi connectivity index (χ0) is 18.3. The van der Waals surface area contributed by atoms with Gasteiger partial charge >= 0.3 is 0 Å². The normalized spacial score (nSPS) is 32.8. The van der Waals surface area contributed by atoms with Crippen LogP contribution in [0.15, 0.2) is 30.3 Å². The summed E-state index contributed by atoms with van der Waals surface area (Å²) in [6, 6.07) is 11.4. The number of likely N-dealkylation sites (tertiary alicyclic amines) is 1. The minimum Gasteiger partial charge on any atom is -0.358 e. The van der Waals surface area contributed by atoms with E-state index in [0.29, 0.717) is 5.78 Å². The molecule has 5 rings (SSSR count). The number of anilines is 1. The fraction of sp³-hybridized carbons (Fsp3) is 0.708. The maximum atomic E-state index is 12.9. The second-order valence-electron chi connectivity index (χ2n) is 9.45. The number of hydrogen-bond donors (Lipinski definition) is 0. The first-order chi connectivity index (χ1) is 13.3. The summed E-state index contributed by atoms with van der Waals surface area (Å²) >= 11 is 0. The van der Waals surface area contributed by atoms with E-state index < -0.39 is 0 Å². The third-order valence-corrected chi connectivity index (χ3v) is 8.27. The van der Waals surface area contributed by atoms with Crippen molar-refractivity contribution in [3.63, 3.8) is 0 Å². The molecule has 0 bridgehead atoms. The summed E-state index contributed by atoms with van der Waals surface area (Å²) in [5.41, 5.74) is 1.02. The molecule has 4 fully saturated rings. The number of piperidine rings is 1. The molecule has 1 aromatic rings. The smallest absolute Gasteiger partial charge is 0.160 e. The van der Waals surface area contributed by atoms with Crippen molar-refractivity contribution in [1.82, 2.24) is 4.90 Å². The Bertz CT molecular complexity index is 670. The minimum absolute atomic E-state index is 0. The summed E-state index contributed by atoms with van der Waals surface area (Å²) < 4.78 is 0. The van der Waals surface area contributed by atoms with E-state index in [2.05, 4.69) is 40.1 Å². The Hall–Kier alpha value is -1.06. The molecule has 3 unspecified atom stereocenters. The summed E-state index contributed by atoms with van der Waals surface area (Å²) in [6.07, 6.45) is 12.9. The van der Waals surface area contributed by atoms with Crippen molar-refractivity contribution in [2.75, 3.05) is 24.5 Å². The van der Waals surface area contributed by atoms with Crippen LogP contribution in [0, 0.1) is 11.8 Å². The van der Waals surface area contributed by atoms with Crippen molar-refractivity contribution in [1.29, 1.82) is 0 Å². The van der Waals surface area contributed by atoms with Gasteiger partial charge in [-0.15, -0.1) is 12.4 Å². The van der Waals surface area contributed by atoms with Crippen molar-refractivity contribution in [3.05, 3.63) is 30.3 Å². The van der Waals surface area contributed by atoms with E-state index in [-0.39, 0.29) is 17.9 Å². The van der Waals surface area contributed by atoms with Crippen LogP contribution in [-0.2, 0) is 4.79 Å². The fourth-order valence-electron chi connectivity index (χ4n) is 6.67. The van der Waals surface area contributed by atoms with Gasteiger partial charge in [-0.1, -0.05) is 50.3 Å². The number of hydrogen-bond acceptors (Lipinski definition) is 3. The zero-order valence-corrected chi connectivity index (χ0v) is 17.8. The van der Waals surface area contributed by atoms with E-state index in [4.69, 9.17) is 0 Å². The van der Waals surface area contributed by atoms with Gasteiger partial charge in [0, 0.05) is 37.8 Å². The molecule has 0 radical (unpaired) electrons. The highest BCUT2D eigenvalue weighted by atomic mass is 35.5. The number of benzene rings is 1. The third-order valence-electron chi connectivity index (χ3n) is 8.27. The average Bonchev–Trinajstić information content (AvgIpc) is 2.99. The molecule has 0 amide bonds. The second-order valence-corrected chi connectivity index (χ2v) is 9.45. The van der Waals surface area contributed by atoms with Gasteiger partial charge in [0.05, 0.1) is 0 Å². The molecule has 1 aromatic carbocycles. The Kier molecular flexibility index (Phi) is 6.04. The van der Waals surface area contributed by atoms with Crippen LogP contribution >= 0.6 is 12.4 Å². The number of para-hydroxylation sites is 1. The molecule has 2 aliphatic heterocycles. The predicted molar refractivity (Wildman–Crippen MR) is 117 cm³/mol. The molecular weight excluding hydrogens is 368 g/mol. The SMILES string of the molecule is Cl.O=C1CCN(c2ccccc2)C12CCN(C1CC3CCCCCCC31)CC2. The highest BCUT2D eigenvalue weighted by Gasteiger charge is 2.52. The number of carbonyl (C=O) groups excluding carboxylic acids is 1. The lowest BCUT2D eigenvalue weighted by atomic mass is 9.63. The lowest BCUT2D eigenvalue weighted by Crippen LogP contribution is -2.61. The van der Waals surface area contributed by atoms with E-state index in [0.717, 1.165) is 56.8 Å². The number of halogens is 1. The van der Waals surface area contributed by atoms with E-state index in [1.54, 1.807) is 0 Å². The van der Waals surface area contributed by atoms with Gasteiger partial charge in [0.15, 0.2) is 5.78 Å². The molecule has 154 valence electrons. The predicted octanol–water partition coefficient (Wildman–Crippen LogP) is 5.08. The maximum absolute atomic E-state index is 12.9. The van der Waals surface area contributed by atoms with Crippen LogP contribution in [0.2, 0.25) is 0 Å². The topological polar surface area (TPSA) is 23.6 Å². The first-order valence-electron chi connectivity index (χ1n) is 11.4. The van der Waals surface area contributed by atoms with Crippen molar-refractivity contribution in [2.45, 2.75) is 75.8 Å². The first-order valence-corrected chi connectivity index (χ1v) is 11.4. The van der Waals surface area contributed by atoms with E-state index in [1.807, 2.05) is 0 Å². The van der Waals surface area contributed by atoms with Gasteiger partial charge in [0.1, 0.15) is 5.54 Å². The van der Waals surface area contributed by atoms with Crippen molar-refractivity contribution < 1.29 is 4.79 Å². The number of rotatable bonds is 2. The van der Waals surface area contributed by atoms with E-state index >= 15 is 0 Å². The number of nitrogens with zero attached hydrogens (tertiary/aromatic N) is 2. The van der Waals surface area contributed by atoms with Crippen LogP contribution in [0.5, 0.6) is 0 Å². The molecule has 0 aromatic heterocycles. The summed E-state index contributed by atoms with van der Waals surface area (Å²) in [6.45, 7) is 3.13. The van der Waals surface area contributed by atoms with Gasteiger partial charge in [0.25, 0.3) is 0 Å². The second kappa shape index (κ2) is 8.36. The van der Waals surface area contributed by atoms with Gasteiger partial charge < -0.3 is 4.90 Å². The van der Waals surface area contributed by atoms with Gasteiger partial charge in [-0.2, -0.15) is 0 Å². The molecule has 2 aliphatic carbocycles. The molecule has 2 saturated heterocycles. The molecule has 3 nitrogen and oxygen atoms in total. The molecule has 28 heavy (non-hydrogen) atoms. The quantitative estimate of drug-likeness (QED) is 0.689. The van der Waals surface area contributed by atoms with Crippen LogP contribution in [0.25, 0.3) is 0 Å². The molecular formula is C24H35ClN2O. The minimum atomic E-state index is -0.220.